The molecule has 226 valence electrons. The van der Waals surface area contributed by atoms with Gasteiger partial charge < -0.3 is 4.57 Å². The van der Waals surface area contributed by atoms with E-state index >= 15 is 0 Å². The molecule has 0 amide bonds. The van der Waals surface area contributed by atoms with E-state index in [1.165, 1.54) is 32.9 Å². The molecule has 9 rings (SSSR count). The second-order valence-corrected chi connectivity index (χ2v) is 13.6. The van der Waals surface area contributed by atoms with Crippen LogP contribution < -0.4 is 0 Å². The van der Waals surface area contributed by atoms with Crippen molar-refractivity contribution in [3.8, 4) is 39.9 Å². The van der Waals surface area contributed by atoms with Gasteiger partial charge in [0.25, 0.3) is 0 Å². The Morgan fingerprint density at radius 3 is 1.74 bits per heavy atom. The van der Waals surface area contributed by atoms with Crippen LogP contribution >= 0.6 is 0 Å². The molecule has 5 aromatic carbocycles. The molecule has 2 aromatic heterocycles. The minimum atomic E-state index is -0.0195. The minimum Gasteiger partial charge on any atom is -0.309 e. The number of rotatable bonds is 4. The summed E-state index contributed by atoms with van der Waals surface area (Å²) in [6.45, 7) is 7.21. The van der Waals surface area contributed by atoms with E-state index in [1.807, 2.05) is 60.7 Å². The molecule has 0 fully saturated rings. The van der Waals surface area contributed by atoms with Crippen LogP contribution in [0.2, 0.25) is 0 Å². The summed E-state index contributed by atoms with van der Waals surface area (Å²) >= 11 is 0. The van der Waals surface area contributed by atoms with Crippen LogP contribution in [0, 0.1) is 5.92 Å². The predicted molar refractivity (Wildman–Crippen MR) is 193 cm³/mol. The summed E-state index contributed by atoms with van der Waals surface area (Å²) < 4.78 is 2.42. The molecule has 2 heterocycles. The number of benzene rings is 5. The molecule has 4 heteroatoms. The predicted octanol–water partition coefficient (Wildman–Crippen LogP) is 10.3. The van der Waals surface area contributed by atoms with E-state index in [9.17, 15) is 0 Å². The normalized spacial score (nSPS) is 19.3. The maximum atomic E-state index is 4.95. The Morgan fingerprint density at radius 1 is 0.532 bits per heavy atom. The van der Waals surface area contributed by atoms with Gasteiger partial charge in [0.1, 0.15) is 0 Å². The van der Waals surface area contributed by atoms with Crippen LogP contribution in [0.3, 0.4) is 0 Å². The molecule has 2 aliphatic carbocycles. The van der Waals surface area contributed by atoms with Crippen LogP contribution in [0.15, 0.2) is 146 Å². The number of fused-ring (bicyclic) bond motifs is 6. The Kier molecular flexibility index (Phi) is 6.01. The van der Waals surface area contributed by atoms with Crippen molar-refractivity contribution in [3.05, 3.63) is 157 Å². The van der Waals surface area contributed by atoms with E-state index in [0.717, 1.165) is 22.4 Å². The summed E-state index contributed by atoms with van der Waals surface area (Å²) in [5, 5.41) is 2.56. The lowest BCUT2D eigenvalue weighted by Crippen LogP contribution is -2.34. The van der Waals surface area contributed by atoms with E-state index in [4.69, 9.17) is 15.0 Å². The third-order valence-corrected chi connectivity index (χ3v) is 10.5. The quantitative estimate of drug-likeness (QED) is 0.200. The summed E-state index contributed by atoms with van der Waals surface area (Å²) in [5.41, 5.74) is 9.29. The van der Waals surface area contributed by atoms with E-state index in [-0.39, 0.29) is 10.8 Å². The van der Waals surface area contributed by atoms with Gasteiger partial charge >= 0.3 is 0 Å². The lowest BCUT2D eigenvalue weighted by atomic mass is 9.67. The number of hydrogen-bond acceptors (Lipinski definition) is 3. The summed E-state index contributed by atoms with van der Waals surface area (Å²) in [6.07, 6.45) is 9.25. The fourth-order valence-corrected chi connectivity index (χ4v) is 8.12. The Balaban J connectivity index is 1.20. The molecule has 2 atom stereocenters. The highest BCUT2D eigenvalue weighted by Gasteiger charge is 2.52. The third-order valence-electron chi connectivity index (χ3n) is 10.5. The fourth-order valence-electron chi connectivity index (χ4n) is 8.12. The molecule has 2 unspecified atom stereocenters. The van der Waals surface area contributed by atoms with Crippen LogP contribution in [-0.4, -0.2) is 19.5 Å². The van der Waals surface area contributed by atoms with Gasteiger partial charge in [-0.3, -0.25) is 0 Å². The second kappa shape index (κ2) is 10.2. The largest absolute Gasteiger partial charge is 0.309 e. The Hall–Kier alpha value is -5.61. The highest BCUT2D eigenvalue weighted by molar-refractivity contribution is 6.10. The first-order valence-corrected chi connectivity index (χ1v) is 16.3. The Labute approximate surface area is 274 Å². The highest BCUT2D eigenvalue weighted by atomic mass is 15.0. The monoisotopic (exact) mass is 606 g/mol. The van der Waals surface area contributed by atoms with E-state index in [1.54, 1.807) is 0 Å². The maximum absolute atomic E-state index is 4.95. The maximum Gasteiger partial charge on any atom is 0.164 e. The van der Waals surface area contributed by atoms with Gasteiger partial charge in [0, 0.05) is 38.6 Å². The summed E-state index contributed by atoms with van der Waals surface area (Å²) in [5.74, 6) is 2.40. The average molecular weight is 607 g/mol. The molecule has 4 nitrogen and oxygen atoms in total. The van der Waals surface area contributed by atoms with Gasteiger partial charge in [-0.15, -0.1) is 0 Å². The van der Waals surface area contributed by atoms with Crippen molar-refractivity contribution < 1.29 is 0 Å². The zero-order valence-corrected chi connectivity index (χ0v) is 26.7. The molecule has 0 saturated carbocycles. The summed E-state index contributed by atoms with van der Waals surface area (Å²) in [6, 6.07) is 42.6. The zero-order valence-electron chi connectivity index (χ0n) is 26.7. The zero-order chi connectivity index (χ0) is 31.8. The summed E-state index contributed by atoms with van der Waals surface area (Å²) in [7, 11) is 0. The lowest BCUT2D eigenvalue weighted by molar-refractivity contribution is 0.324. The number of aromatic nitrogens is 4. The van der Waals surface area contributed by atoms with Crippen molar-refractivity contribution in [3.63, 3.8) is 0 Å². The highest BCUT2D eigenvalue weighted by Crippen LogP contribution is 2.57. The molecular weight excluding hydrogens is 573 g/mol. The van der Waals surface area contributed by atoms with Gasteiger partial charge in [0.05, 0.1) is 11.0 Å². The summed E-state index contributed by atoms with van der Waals surface area (Å²) in [4.78, 5) is 14.8. The van der Waals surface area contributed by atoms with Crippen molar-refractivity contribution in [1.82, 2.24) is 19.5 Å². The van der Waals surface area contributed by atoms with Crippen LogP contribution in [-0.2, 0) is 10.8 Å². The Bertz CT molecular complexity index is 2320. The van der Waals surface area contributed by atoms with Crippen molar-refractivity contribution in [2.45, 2.75) is 31.6 Å². The minimum absolute atomic E-state index is 0.0102. The van der Waals surface area contributed by atoms with E-state index in [0.29, 0.717) is 23.4 Å². The van der Waals surface area contributed by atoms with Gasteiger partial charge in [-0.2, -0.15) is 0 Å². The molecule has 7 aromatic rings. The topological polar surface area (TPSA) is 43.6 Å². The van der Waals surface area contributed by atoms with Gasteiger partial charge in [0.15, 0.2) is 17.5 Å². The number of allylic oxidation sites excluding steroid dienone is 4. The number of para-hydroxylation sites is 1. The third kappa shape index (κ3) is 4.18. The van der Waals surface area contributed by atoms with Crippen molar-refractivity contribution in [2.75, 3.05) is 0 Å². The fraction of sp³-hybridized carbons (Fsp3) is 0.140. The molecule has 0 spiro atoms. The van der Waals surface area contributed by atoms with Crippen molar-refractivity contribution in [1.29, 1.82) is 0 Å². The average Bonchev–Trinajstić information content (AvgIpc) is 3.53. The molecule has 47 heavy (non-hydrogen) atoms. The van der Waals surface area contributed by atoms with Crippen LogP contribution in [0.4, 0.5) is 0 Å². The molecular formula is C43H34N4. The SMILES string of the molecule is CC1(C)c2cc3c(cc2C2(C)C=CC=CC12)c1ccccc1n3-c1ccc(-c2nc(-c3ccccc3)nc(-c3ccccc3)n2)cc1. The lowest BCUT2D eigenvalue weighted by Gasteiger charge is -2.36. The number of hydrogen-bond donors (Lipinski definition) is 0. The molecule has 0 saturated heterocycles. The second-order valence-electron chi connectivity index (χ2n) is 13.6. The van der Waals surface area contributed by atoms with Gasteiger partial charge in [-0.1, -0.05) is 124 Å². The van der Waals surface area contributed by atoms with Crippen molar-refractivity contribution >= 4 is 21.8 Å². The first kappa shape index (κ1) is 27.7. The number of nitrogens with zero attached hydrogens (tertiary/aromatic N) is 4. The molecule has 0 aliphatic heterocycles. The smallest absolute Gasteiger partial charge is 0.164 e. The molecule has 0 radical (unpaired) electrons. The van der Waals surface area contributed by atoms with E-state index in [2.05, 4.69) is 110 Å². The van der Waals surface area contributed by atoms with Crippen molar-refractivity contribution in [2.24, 2.45) is 5.92 Å². The van der Waals surface area contributed by atoms with E-state index < -0.39 is 0 Å². The molecule has 0 bridgehead atoms. The van der Waals surface area contributed by atoms with Crippen LogP contribution in [0.1, 0.15) is 31.9 Å². The standard InChI is InChI=1S/C43H34N4/c1-42(2)34-27-37-33(26-35(34)43(3)25-13-12-20-38(42)43)32-18-10-11-19-36(32)47(37)31-23-21-30(22-24-31)41-45-39(28-14-6-4-7-15-28)44-40(46-41)29-16-8-5-9-17-29/h4-27,38H,1-3H3. The molecule has 2 aliphatic rings. The van der Waals surface area contributed by atoms with Gasteiger partial charge in [-0.05, 0) is 64.9 Å². The van der Waals surface area contributed by atoms with Gasteiger partial charge in [0.2, 0.25) is 0 Å². The van der Waals surface area contributed by atoms with Gasteiger partial charge in [-0.25, -0.2) is 15.0 Å². The Morgan fingerprint density at radius 2 is 1.11 bits per heavy atom. The first-order chi connectivity index (χ1) is 22.9. The molecule has 0 N–H and O–H groups in total. The first-order valence-electron chi connectivity index (χ1n) is 16.3. The van der Waals surface area contributed by atoms with Crippen LogP contribution in [0.5, 0.6) is 0 Å². The van der Waals surface area contributed by atoms with Crippen LogP contribution in [0.25, 0.3) is 61.7 Å².